The summed E-state index contributed by atoms with van der Waals surface area (Å²) in [6.07, 6.45) is 7.07. The van der Waals surface area contributed by atoms with Crippen molar-refractivity contribution in [3.05, 3.63) is 17.5 Å². The quantitative estimate of drug-likeness (QED) is 0.769. The highest BCUT2D eigenvalue weighted by molar-refractivity contribution is 6.31. The fourth-order valence-electron chi connectivity index (χ4n) is 2.95. The lowest BCUT2D eigenvalue weighted by atomic mass is 10.0. The van der Waals surface area contributed by atoms with Crippen LogP contribution < -0.4 is 4.90 Å². The summed E-state index contributed by atoms with van der Waals surface area (Å²) in [6.45, 7) is 2.48. The van der Waals surface area contributed by atoms with Gasteiger partial charge in [-0.1, -0.05) is 18.0 Å². The maximum absolute atomic E-state index is 6.15. The van der Waals surface area contributed by atoms with Crippen LogP contribution in [0.3, 0.4) is 0 Å². The molecular weight excluding hydrogens is 238 g/mol. The molecule has 2 aliphatic rings. The number of hydrogen-bond donors (Lipinski definition) is 0. The molecule has 1 aromatic rings. The van der Waals surface area contributed by atoms with Crippen molar-refractivity contribution in [1.82, 2.24) is 9.97 Å². The lowest BCUT2D eigenvalue weighted by Crippen LogP contribution is -2.39. The molecule has 5 heteroatoms. The van der Waals surface area contributed by atoms with Crippen LogP contribution in [0.5, 0.6) is 0 Å². The Morgan fingerprint density at radius 1 is 1.29 bits per heavy atom. The van der Waals surface area contributed by atoms with Crippen molar-refractivity contribution in [2.75, 3.05) is 24.7 Å². The predicted molar refractivity (Wildman–Crippen MR) is 66.3 cm³/mol. The number of fused-ring (bicyclic) bond motifs is 1. The van der Waals surface area contributed by atoms with E-state index in [0.29, 0.717) is 17.1 Å². The van der Waals surface area contributed by atoms with E-state index in [-0.39, 0.29) is 0 Å². The smallest absolute Gasteiger partial charge is 0.171 e. The van der Waals surface area contributed by atoms with E-state index in [2.05, 4.69) is 14.9 Å². The first-order chi connectivity index (χ1) is 8.36. The molecule has 17 heavy (non-hydrogen) atoms. The van der Waals surface area contributed by atoms with Crippen molar-refractivity contribution < 1.29 is 4.74 Å². The summed E-state index contributed by atoms with van der Waals surface area (Å²) in [5.74, 6) is 1.44. The zero-order valence-corrected chi connectivity index (χ0v) is 10.4. The Bertz CT molecular complexity index is 401. The van der Waals surface area contributed by atoms with E-state index in [1.165, 1.54) is 19.3 Å². The molecule has 3 rings (SSSR count). The molecule has 1 aliphatic heterocycles. The zero-order valence-electron chi connectivity index (χ0n) is 9.68. The van der Waals surface area contributed by atoms with E-state index in [1.54, 1.807) is 12.4 Å². The van der Waals surface area contributed by atoms with Gasteiger partial charge in [0.15, 0.2) is 11.0 Å². The minimum atomic E-state index is 0.500. The Morgan fingerprint density at radius 3 is 3.06 bits per heavy atom. The molecule has 1 saturated heterocycles. The summed E-state index contributed by atoms with van der Waals surface area (Å²) in [4.78, 5) is 10.8. The average Bonchev–Trinajstić information content (AvgIpc) is 2.71. The molecule has 0 bridgehead atoms. The molecule has 0 amide bonds. The molecule has 0 radical (unpaired) electrons. The largest absolute Gasteiger partial charge is 0.379 e. The molecule has 0 unspecified atom stereocenters. The van der Waals surface area contributed by atoms with Crippen molar-refractivity contribution in [1.29, 1.82) is 0 Å². The van der Waals surface area contributed by atoms with Crippen molar-refractivity contribution in [3.8, 4) is 0 Å². The zero-order chi connectivity index (χ0) is 11.7. The van der Waals surface area contributed by atoms with Crippen LogP contribution in [0.4, 0.5) is 5.82 Å². The second kappa shape index (κ2) is 4.78. The van der Waals surface area contributed by atoms with Crippen LogP contribution in [-0.2, 0) is 4.74 Å². The van der Waals surface area contributed by atoms with Crippen LogP contribution in [0.2, 0.25) is 5.15 Å². The third-order valence-corrected chi connectivity index (χ3v) is 4.00. The van der Waals surface area contributed by atoms with Crippen LogP contribution in [0.15, 0.2) is 12.4 Å². The Balaban J connectivity index is 1.92. The van der Waals surface area contributed by atoms with Crippen molar-refractivity contribution in [2.24, 2.45) is 5.92 Å². The summed E-state index contributed by atoms with van der Waals surface area (Å²) in [5.41, 5.74) is 0. The van der Waals surface area contributed by atoms with E-state index in [9.17, 15) is 0 Å². The Hall–Kier alpha value is -0.870. The number of halogens is 1. The van der Waals surface area contributed by atoms with Crippen molar-refractivity contribution in [2.45, 2.75) is 25.3 Å². The first-order valence-electron chi connectivity index (χ1n) is 6.17. The number of nitrogens with zero attached hydrogens (tertiary/aromatic N) is 3. The number of anilines is 1. The number of hydrogen-bond acceptors (Lipinski definition) is 4. The van der Waals surface area contributed by atoms with Crippen molar-refractivity contribution >= 4 is 17.4 Å². The maximum atomic E-state index is 6.15. The molecule has 1 aliphatic carbocycles. The van der Waals surface area contributed by atoms with Gasteiger partial charge in [-0.2, -0.15) is 0 Å². The minimum absolute atomic E-state index is 0.500. The first kappa shape index (κ1) is 11.2. The van der Waals surface area contributed by atoms with Gasteiger partial charge >= 0.3 is 0 Å². The average molecular weight is 254 g/mol. The molecule has 4 nitrogen and oxygen atoms in total. The van der Waals surface area contributed by atoms with Gasteiger partial charge in [-0.05, 0) is 12.8 Å². The fraction of sp³-hybridized carbons (Fsp3) is 0.667. The molecule has 1 aromatic heterocycles. The summed E-state index contributed by atoms with van der Waals surface area (Å²) in [5, 5.41) is 0.500. The Morgan fingerprint density at radius 2 is 2.18 bits per heavy atom. The van der Waals surface area contributed by atoms with Gasteiger partial charge < -0.3 is 9.64 Å². The van der Waals surface area contributed by atoms with Gasteiger partial charge in [0.1, 0.15) is 0 Å². The second-order valence-corrected chi connectivity index (χ2v) is 5.06. The molecule has 2 atom stereocenters. The van der Waals surface area contributed by atoms with Crippen molar-refractivity contribution in [3.63, 3.8) is 0 Å². The summed E-state index contributed by atoms with van der Waals surface area (Å²) >= 11 is 6.15. The van der Waals surface area contributed by atoms with Crippen LogP contribution in [-0.4, -0.2) is 35.8 Å². The summed E-state index contributed by atoms with van der Waals surface area (Å²) in [7, 11) is 0. The highest BCUT2D eigenvalue weighted by atomic mass is 35.5. The monoisotopic (exact) mass is 253 g/mol. The molecule has 2 heterocycles. The topological polar surface area (TPSA) is 38.2 Å². The van der Waals surface area contributed by atoms with E-state index in [4.69, 9.17) is 16.3 Å². The SMILES string of the molecule is Clc1nccnc1N1CCOC[C@H]2CCC[C@H]21. The van der Waals surface area contributed by atoms with E-state index >= 15 is 0 Å². The van der Waals surface area contributed by atoms with Crippen LogP contribution in [0.1, 0.15) is 19.3 Å². The normalized spacial score (nSPS) is 28.9. The standard InChI is InChI=1S/C12H16ClN3O/c13-11-12(15-5-4-14-11)16-6-7-17-8-9-2-1-3-10(9)16/h4-5,9-10H,1-3,6-8H2/t9-,10-/m1/s1. The van der Waals surface area contributed by atoms with Gasteiger partial charge in [0.05, 0.1) is 13.2 Å². The van der Waals surface area contributed by atoms with E-state index in [1.807, 2.05) is 0 Å². The van der Waals surface area contributed by atoms with Crippen LogP contribution >= 0.6 is 11.6 Å². The fourth-order valence-corrected chi connectivity index (χ4v) is 3.17. The van der Waals surface area contributed by atoms with E-state index < -0.39 is 0 Å². The van der Waals surface area contributed by atoms with Gasteiger partial charge in [0.25, 0.3) is 0 Å². The lowest BCUT2D eigenvalue weighted by molar-refractivity contribution is 0.121. The number of rotatable bonds is 1. The Kier molecular flexibility index (Phi) is 3.16. The molecule has 92 valence electrons. The van der Waals surface area contributed by atoms with Gasteiger partial charge in [-0.15, -0.1) is 0 Å². The third-order valence-electron chi connectivity index (χ3n) is 3.74. The Labute approximate surface area is 106 Å². The van der Waals surface area contributed by atoms with Crippen LogP contribution in [0, 0.1) is 5.92 Å². The minimum Gasteiger partial charge on any atom is -0.379 e. The molecule has 0 aromatic carbocycles. The van der Waals surface area contributed by atoms with Gasteiger partial charge in [0.2, 0.25) is 0 Å². The number of ether oxygens (including phenoxy) is 1. The highest BCUT2D eigenvalue weighted by Gasteiger charge is 2.35. The maximum Gasteiger partial charge on any atom is 0.171 e. The molecular formula is C12H16ClN3O. The lowest BCUT2D eigenvalue weighted by Gasteiger charge is -2.31. The molecule has 0 spiro atoms. The second-order valence-electron chi connectivity index (χ2n) is 4.70. The molecule has 2 fully saturated rings. The predicted octanol–water partition coefficient (Wildman–Crippen LogP) is 2.14. The number of aromatic nitrogens is 2. The first-order valence-corrected chi connectivity index (χ1v) is 6.55. The highest BCUT2D eigenvalue weighted by Crippen LogP contribution is 2.35. The van der Waals surface area contributed by atoms with Crippen LogP contribution in [0.25, 0.3) is 0 Å². The van der Waals surface area contributed by atoms with E-state index in [0.717, 1.165) is 25.6 Å². The third kappa shape index (κ3) is 2.11. The van der Waals surface area contributed by atoms with Gasteiger partial charge in [-0.3, -0.25) is 0 Å². The molecule has 1 saturated carbocycles. The summed E-state index contributed by atoms with van der Waals surface area (Å²) < 4.78 is 5.67. The van der Waals surface area contributed by atoms with Gasteiger partial charge in [0, 0.05) is 30.9 Å². The van der Waals surface area contributed by atoms with Gasteiger partial charge in [-0.25, -0.2) is 9.97 Å². The molecule has 0 N–H and O–H groups in total. The summed E-state index contributed by atoms with van der Waals surface area (Å²) in [6, 6.07) is 0.520.